The van der Waals surface area contributed by atoms with Gasteiger partial charge in [0.25, 0.3) is 5.91 Å². The van der Waals surface area contributed by atoms with Crippen molar-refractivity contribution in [3.63, 3.8) is 0 Å². The Bertz CT molecular complexity index is 679. The molecule has 1 N–H and O–H groups in total. The van der Waals surface area contributed by atoms with Crippen molar-refractivity contribution in [1.29, 1.82) is 0 Å². The van der Waals surface area contributed by atoms with Crippen molar-refractivity contribution in [2.45, 2.75) is 20.0 Å². The molecule has 1 amide bonds. The fourth-order valence-corrected chi connectivity index (χ4v) is 1.81. The molecule has 0 aliphatic carbocycles. The third-order valence-electron chi connectivity index (χ3n) is 2.93. The van der Waals surface area contributed by atoms with E-state index >= 15 is 0 Å². The van der Waals surface area contributed by atoms with Gasteiger partial charge in [-0.25, -0.2) is 9.78 Å². The molecular formula is C17H18N2O4. The lowest BCUT2D eigenvalue weighted by Crippen LogP contribution is -2.13. The zero-order valence-electron chi connectivity index (χ0n) is 13.2. The van der Waals surface area contributed by atoms with Crippen molar-refractivity contribution in [2.24, 2.45) is 0 Å². The highest BCUT2D eigenvalue weighted by Gasteiger charge is 2.10. The van der Waals surface area contributed by atoms with E-state index in [-0.39, 0.29) is 12.0 Å². The van der Waals surface area contributed by atoms with Gasteiger partial charge in [0, 0.05) is 18.0 Å². The summed E-state index contributed by atoms with van der Waals surface area (Å²) >= 11 is 0. The molecule has 0 aliphatic heterocycles. The van der Waals surface area contributed by atoms with Gasteiger partial charge >= 0.3 is 5.97 Å². The summed E-state index contributed by atoms with van der Waals surface area (Å²) in [6.45, 7) is 3.57. The summed E-state index contributed by atoms with van der Waals surface area (Å²) in [4.78, 5) is 27.8. The van der Waals surface area contributed by atoms with Crippen LogP contribution >= 0.6 is 0 Å². The van der Waals surface area contributed by atoms with E-state index in [2.05, 4.69) is 10.3 Å². The predicted molar refractivity (Wildman–Crippen MR) is 85.7 cm³/mol. The van der Waals surface area contributed by atoms with Crippen LogP contribution in [0.4, 0.5) is 5.69 Å². The second kappa shape index (κ2) is 7.40. The maximum Gasteiger partial charge on any atom is 0.338 e. The number of methoxy groups -OCH3 is 1. The number of ether oxygens (including phenoxy) is 2. The minimum absolute atomic E-state index is 0.176. The lowest BCUT2D eigenvalue weighted by atomic mass is 10.2. The van der Waals surface area contributed by atoms with Gasteiger partial charge in [0.15, 0.2) is 0 Å². The van der Waals surface area contributed by atoms with Crippen molar-refractivity contribution >= 4 is 17.6 Å². The van der Waals surface area contributed by atoms with Crippen molar-refractivity contribution in [3.8, 4) is 5.88 Å². The number of rotatable bonds is 5. The van der Waals surface area contributed by atoms with Gasteiger partial charge in [0.1, 0.15) is 0 Å². The van der Waals surface area contributed by atoms with Gasteiger partial charge in [0.2, 0.25) is 5.88 Å². The first-order valence-electron chi connectivity index (χ1n) is 7.12. The Morgan fingerprint density at radius 1 is 1.04 bits per heavy atom. The van der Waals surface area contributed by atoms with Crippen LogP contribution < -0.4 is 10.1 Å². The molecule has 2 rings (SSSR count). The summed E-state index contributed by atoms with van der Waals surface area (Å²) in [6.07, 6.45) is 1.26. The van der Waals surface area contributed by atoms with Crippen molar-refractivity contribution < 1.29 is 19.1 Å². The topological polar surface area (TPSA) is 77.5 Å². The molecule has 6 heteroatoms. The lowest BCUT2D eigenvalue weighted by Gasteiger charge is -2.09. The maximum absolute atomic E-state index is 12.1. The minimum atomic E-state index is -0.391. The number of benzene rings is 1. The van der Waals surface area contributed by atoms with Gasteiger partial charge in [-0.3, -0.25) is 4.79 Å². The van der Waals surface area contributed by atoms with Crippen LogP contribution in [0.15, 0.2) is 42.6 Å². The van der Waals surface area contributed by atoms with E-state index in [9.17, 15) is 9.59 Å². The van der Waals surface area contributed by atoms with E-state index < -0.39 is 5.97 Å². The Morgan fingerprint density at radius 3 is 2.22 bits per heavy atom. The van der Waals surface area contributed by atoms with Crippen molar-refractivity contribution in [1.82, 2.24) is 4.98 Å². The number of nitrogens with zero attached hydrogens (tertiary/aromatic N) is 1. The molecule has 6 nitrogen and oxygen atoms in total. The highest BCUT2D eigenvalue weighted by Crippen LogP contribution is 2.13. The third-order valence-corrected chi connectivity index (χ3v) is 2.93. The first-order chi connectivity index (χ1) is 11.0. The number of carbonyl (C=O) groups is 2. The van der Waals surface area contributed by atoms with Gasteiger partial charge in [-0.2, -0.15) is 0 Å². The number of carbonyl (C=O) groups excluding carboxylic acids is 2. The molecule has 1 aromatic heterocycles. The average molecular weight is 314 g/mol. The number of pyridine rings is 1. The van der Waals surface area contributed by atoms with Crippen molar-refractivity contribution in [3.05, 3.63) is 53.7 Å². The fourth-order valence-electron chi connectivity index (χ4n) is 1.81. The van der Waals surface area contributed by atoms with E-state index in [0.717, 1.165) is 0 Å². The summed E-state index contributed by atoms with van der Waals surface area (Å²) in [5.41, 5.74) is 1.42. The molecule has 0 fully saturated rings. The Kier molecular flexibility index (Phi) is 5.30. The van der Waals surface area contributed by atoms with Crippen molar-refractivity contribution in [2.75, 3.05) is 12.4 Å². The maximum atomic E-state index is 12.1. The van der Waals surface area contributed by atoms with Gasteiger partial charge in [-0.05, 0) is 44.2 Å². The highest BCUT2D eigenvalue weighted by molar-refractivity contribution is 6.04. The molecule has 0 saturated heterocycles. The van der Waals surface area contributed by atoms with Gasteiger partial charge in [-0.1, -0.05) is 0 Å². The summed E-state index contributed by atoms with van der Waals surface area (Å²) in [5.74, 6) is -0.246. The first kappa shape index (κ1) is 16.5. The normalized spacial score (nSPS) is 10.3. The number of hydrogen-bond acceptors (Lipinski definition) is 5. The first-order valence-corrected chi connectivity index (χ1v) is 7.12. The van der Waals surface area contributed by atoms with Gasteiger partial charge in [0.05, 0.1) is 24.3 Å². The average Bonchev–Trinajstić information content (AvgIpc) is 2.55. The molecule has 0 saturated carbocycles. The fraction of sp³-hybridized carbons (Fsp3) is 0.235. The van der Waals surface area contributed by atoms with Crippen LogP contribution in [0.5, 0.6) is 5.88 Å². The molecule has 0 atom stereocenters. The summed E-state index contributed by atoms with van der Waals surface area (Å²) in [6, 6.07) is 9.73. The van der Waals surface area contributed by atoms with Crippen LogP contribution in [0, 0.1) is 0 Å². The van der Waals surface area contributed by atoms with E-state index in [4.69, 9.17) is 9.47 Å². The predicted octanol–water partition coefficient (Wildman–Crippen LogP) is 2.91. The van der Waals surface area contributed by atoms with Crippen LogP contribution in [-0.4, -0.2) is 30.1 Å². The molecule has 0 aliphatic rings. The van der Waals surface area contributed by atoms with Gasteiger partial charge < -0.3 is 14.8 Å². The molecule has 1 aromatic carbocycles. The number of esters is 1. The minimum Gasteiger partial charge on any atom is -0.481 e. The van der Waals surface area contributed by atoms with E-state index in [1.54, 1.807) is 50.2 Å². The molecule has 0 unspecified atom stereocenters. The summed E-state index contributed by atoms with van der Waals surface area (Å²) < 4.78 is 10.0. The van der Waals surface area contributed by atoms with Crippen LogP contribution in [-0.2, 0) is 4.74 Å². The molecule has 1 heterocycles. The Labute approximate surface area is 134 Å². The lowest BCUT2D eigenvalue weighted by molar-refractivity contribution is 0.0378. The molecule has 0 radical (unpaired) electrons. The van der Waals surface area contributed by atoms with Crippen LogP contribution in [0.1, 0.15) is 34.6 Å². The summed E-state index contributed by atoms with van der Waals surface area (Å²) in [5, 5.41) is 2.73. The zero-order chi connectivity index (χ0) is 16.8. The van der Waals surface area contributed by atoms with Gasteiger partial charge in [-0.15, -0.1) is 0 Å². The quantitative estimate of drug-likeness (QED) is 0.859. The summed E-state index contributed by atoms with van der Waals surface area (Å²) in [7, 11) is 1.51. The van der Waals surface area contributed by atoms with Crippen LogP contribution in [0.2, 0.25) is 0 Å². The molecule has 120 valence electrons. The standard InChI is InChI=1S/C17H18N2O4/c1-11(2)23-17(21)12-4-7-14(8-5-12)19-16(20)13-6-9-15(22-3)18-10-13/h4-11H,1-3H3,(H,19,20). The number of amides is 1. The number of nitrogens with one attached hydrogen (secondary N) is 1. The second-order valence-electron chi connectivity index (χ2n) is 5.07. The Hall–Kier alpha value is -2.89. The number of anilines is 1. The third kappa shape index (κ3) is 4.54. The molecule has 23 heavy (non-hydrogen) atoms. The van der Waals surface area contributed by atoms with E-state index in [1.807, 2.05) is 0 Å². The van der Waals surface area contributed by atoms with Crippen LogP contribution in [0.25, 0.3) is 0 Å². The second-order valence-corrected chi connectivity index (χ2v) is 5.07. The Morgan fingerprint density at radius 2 is 1.70 bits per heavy atom. The number of aromatic nitrogens is 1. The smallest absolute Gasteiger partial charge is 0.338 e. The largest absolute Gasteiger partial charge is 0.481 e. The Balaban J connectivity index is 2.02. The molecular weight excluding hydrogens is 296 g/mol. The zero-order valence-corrected chi connectivity index (χ0v) is 13.2. The monoisotopic (exact) mass is 314 g/mol. The highest BCUT2D eigenvalue weighted by atomic mass is 16.5. The van der Waals surface area contributed by atoms with E-state index in [0.29, 0.717) is 22.7 Å². The molecule has 2 aromatic rings. The molecule has 0 bridgehead atoms. The van der Waals surface area contributed by atoms with Crippen LogP contribution in [0.3, 0.4) is 0 Å². The SMILES string of the molecule is COc1ccc(C(=O)Nc2ccc(C(=O)OC(C)C)cc2)cn1. The van der Waals surface area contributed by atoms with E-state index in [1.165, 1.54) is 13.3 Å². The molecule has 0 spiro atoms. The number of hydrogen-bond donors (Lipinski definition) is 1.